The Morgan fingerprint density at radius 2 is 1.88 bits per heavy atom. The second kappa shape index (κ2) is 10.3. The molecule has 0 radical (unpaired) electrons. The number of thiophene rings is 1. The highest BCUT2D eigenvalue weighted by molar-refractivity contribution is 7.94. The quantitative estimate of drug-likeness (QED) is 0.356. The van der Waals surface area contributed by atoms with Crippen LogP contribution in [0.25, 0.3) is 0 Å². The summed E-state index contributed by atoms with van der Waals surface area (Å²) < 4.78 is 35.2. The molecule has 0 saturated carbocycles. The number of nitrogens with one attached hydrogen (secondary N) is 2. The van der Waals surface area contributed by atoms with Crippen LogP contribution >= 0.6 is 11.3 Å². The summed E-state index contributed by atoms with van der Waals surface area (Å²) in [6.45, 7) is 1.08. The fourth-order valence-corrected chi connectivity index (χ4v) is 5.12. The van der Waals surface area contributed by atoms with E-state index >= 15 is 0 Å². The second-order valence-electron chi connectivity index (χ2n) is 7.10. The number of hydrogen-bond acceptors (Lipinski definition) is 6. The Morgan fingerprint density at radius 1 is 1.06 bits per heavy atom. The molecule has 2 aromatic carbocycles. The molecule has 170 valence electrons. The lowest BCUT2D eigenvalue weighted by atomic mass is 10.1. The molecule has 8 nitrogen and oxygen atoms in total. The molecule has 0 atom stereocenters. The van der Waals surface area contributed by atoms with Crippen LogP contribution in [0.1, 0.15) is 5.56 Å². The van der Waals surface area contributed by atoms with E-state index in [9.17, 15) is 13.2 Å². The third-order valence-electron chi connectivity index (χ3n) is 4.66. The fourth-order valence-electron chi connectivity index (χ4n) is 3.07. The average Bonchev–Trinajstić information content (AvgIpc) is 3.51. The molecule has 4 aromatic rings. The maximum atomic E-state index is 12.6. The van der Waals surface area contributed by atoms with Crippen LogP contribution in [0.5, 0.6) is 5.75 Å². The molecule has 0 aliphatic rings. The first-order valence-corrected chi connectivity index (χ1v) is 12.5. The maximum Gasteiger partial charge on any atom is 0.271 e. The molecule has 1 amide bonds. The van der Waals surface area contributed by atoms with Gasteiger partial charge in [0, 0.05) is 18.1 Å². The molecule has 0 spiro atoms. The minimum absolute atomic E-state index is 0.140. The summed E-state index contributed by atoms with van der Waals surface area (Å²) in [5.74, 6) is 0.386. The highest BCUT2D eigenvalue weighted by Crippen LogP contribution is 2.24. The van der Waals surface area contributed by atoms with Gasteiger partial charge in [-0.1, -0.05) is 30.3 Å². The van der Waals surface area contributed by atoms with E-state index in [1.54, 1.807) is 66.4 Å². The number of nitrogens with zero attached hydrogens (tertiary/aromatic N) is 2. The SMILES string of the molecule is O=C(Cc1ccc(NS(=O)(=O)c2cccs2)cc1)Nc1ccccc1OCCn1ccnc1. The predicted molar refractivity (Wildman–Crippen MR) is 128 cm³/mol. The van der Waals surface area contributed by atoms with Crippen LogP contribution in [0.2, 0.25) is 0 Å². The summed E-state index contributed by atoms with van der Waals surface area (Å²) in [4.78, 5) is 16.6. The second-order valence-corrected chi connectivity index (χ2v) is 9.96. The maximum absolute atomic E-state index is 12.6. The summed E-state index contributed by atoms with van der Waals surface area (Å²) in [5.41, 5.74) is 1.78. The van der Waals surface area contributed by atoms with Crippen molar-refractivity contribution < 1.29 is 17.9 Å². The monoisotopic (exact) mass is 482 g/mol. The summed E-state index contributed by atoms with van der Waals surface area (Å²) in [7, 11) is -3.60. The molecular weight excluding hydrogens is 460 g/mol. The van der Waals surface area contributed by atoms with Crippen molar-refractivity contribution in [2.24, 2.45) is 0 Å². The van der Waals surface area contributed by atoms with Crippen molar-refractivity contribution in [3.05, 3.63) is 90.3 Å². The molecule has 2 aromatic heterocycles. The van der Waals surface area contributed by atoms with Crippen molar-refractivity contribution >= 4 is 38.6 Å². The molecule has 0 bridgehead atoms. The van der Waals surface area contributed by atoms with Crippen LogP contribution in [-0.2, 0) is 27.8 Å². The number of carbonyl (C=O) groups excluding carboxylic acids is 1. The molecule has 2 heterocycles. The first-order chi connectivity index (χ1) is 16.0. The highest BCUT2D eigenvalue weighted by atomic mass is 32.2. The first kappa shape index (κ1) is 22.6. The van der Waals surface area contributed by atoms with E-state index < -0.39 is 10.0 Å². The molecule has 0 aliphatic heterocycles. The number of ether oxygens (including phenoxy) is 1. The van der Waals surface area contributed by atoms with Gasteiger partial charge >= 0.3 is 0 Å². The van der Waals surface area contributed by atoms with Crippen LogP contribution in [0.4, 0.5) is 11.4 Å². The zero-order chi connectivity index (χ0) is 23.1. The Labute approximate surface area is 195 Å². The average molecular weight is 483 g/mol. The van der Waals surface area contributed by atoms with Crippen molar-refractivity contribution in [3.8, 4) is 5.75 Å². The van der Waals surface area contributed by atoms with E-state index in [1.807, 2.05) is 22.9 Å². The molecule has 0 fully saturated rings. The molecule has 0 unspecified atom stereocenters. The molecule has 4 rings (SSSR count). The van der Waals surface area contributed by atoms with Crippen molar-refractivity contribution in [2.45, 2.75) is 17.2 Å². The number of para-hydroxylation sites is 2. The van der Waals surface area contributed by atoms with Crippen LogP contribution in [0.3, 0.4) is 0 Å². The molecule has 2 N–H and O–H groups in total. The predicted octanol–water partition coefficient (Wildman–Crippen LogP) is 4.01. The van der Waals surface area contributed by atoms with Crippen LogP contribution < -0.4 is 14.8 Å². The van der Waals surface area contributed by atoms with E-state index in [2.05, 4.69) is 15.0 Å². The zero-order valence-electron chi connectivity index (χ0n) is 17.5. The Morgan fingerprint density at radius 3 is 2.61 bits per heavy atom. The topological polar surface area (TPSA) is 102 Å². The van der Waals surface area contributed by atoms with E-state index in [-0.39, 0.29) is 16.5 Å². The summed E-state index contributed by atoms with van der Waals surface area (Å²) in [5, 5.41) is 4.59. The number of anilines is 2. The van der Waals surface area contributed by atoms with E-state index in [1.165, 1.54) is 0 Å². The number of amides is 1. The summed E-state index contributed by atoms with van der Waals surface area (Å²) in [6, 6.07) is 17.2. The number of carbonyl (C=O) groups is 1. The largest absolute Gasteiger partial charge is 0.490 e. The van der Waals surface area contributed by atoms with Gasteiger partial charge in [-0.3, -0.25) is 9.52 Å². The molecule has 0 saturated heterocycles. The van der Waals surface area contributed by atoms with Gasteiger partial charge in [0.2, 0.25) is 5.91 Å². The lowest BCUT2D eigenvalue weighted by Gasteiger charge is -2.13. The number of aromatic nitrogens is 2. The van der Waals surface area contributed by atoms with Crippen LogP contribution in [-0.4, -0.2) is 30.5 Å². The van der Waals surface area contributed by atoms with Crippen molar-refractivity contribution in [1.82, 2.24) is 9.55 Å². The first-order valence-electron chi connectivity index (χ1n) is 10.1. The van der Waals surface area contributed by atoms with Gasteiger partial charge in [0.25, 0.3) is 10.0 Å². The van der Waals surface area contributed by atoms with Gasteiger partial charge in [-0.2, -0.15) is 0 Å². The molecule has 0 aliphatic carbocycles. The molecule has 33 heavy (non-hydrogen) atoms. The number of imidazole rings is 1. The normalized spacial score (nSPS) is 11.2. The number of rotatable bonds is 10. The minimum Gasteiger partial charge on any atom is -0.490 e. The lowest BCUT2D eigenvalue weighted by molar-refractivity contribution is -0.115. The summed E-state index contributed by atoms with van der Waals surface area (Å²) in [6.07, 6.45) is 5.42. The lowest BCUT2D eigenvalue weighted by Crippen LogP contribution is -2.16. The van der Waals surface area contributed by atoms with Gasteiger partial charge in [0.1, 0.15) is 16.6 Å². The van der Waals surface area contributed by atoms with Gasteiger partial charge in [0.05, 0.1) is 25.0 Å². The van der Waals surface area contributed by atoms with Gasteiger partial charge in [-0.05, 0) is 41.3 Å². The minimum atomic E-state index is -3.60. The molecular formula is C23H22N4O4S2. The van der Waals surface area contributed by atoms with Gasteiger partial charge < -0.3 is 14.6 Å². The van der Waals surface area contributed by atoms with Crippen LogP contribution in [0, 0.1) is 0 Å². The smallest absolute Gasteiger partial charge is 0.271 e. The van der Waals surface area contributed by atoms with E-state index in [4.69, 9.17) is 4.74 Å². The third kappa shape index (κ3) is 6.21. The Kier molecular flexibility index (Phi) is 7.06. The Hall–Kier alpha value is -3.63. The molecule has 10 heteroatoms. The van der Waals surface area contributed by atoms with Gasteiger partial charge in [-0.25, -0.2) is 13.4 Å². The number of benzene rings is 2. The Balaban J connectivity index is 1.32. The van der Waals surface area contributed by atoms with Gasteiger partial charge in [-0.15, -0.1) is 11.3 Å². The number of hydrogen-bond donors (Lipinski definition) is 2. The number of sulfonamides is 1. The Bertz CT molecular complexity index is 1290. The zero-order valence-corrected chi connectivity index (χ0v) is 19.2. The van der Waals surface area contributed by atoms with Crippen molar-refractivity contribution in [3.63, 3.8) is 0 Å². The van der Waals surface area contributed by atoms with Gasteiger partial charge in [0.15, 0.2) is 0 Å². The van der Waals surface area contributed by atoms with Crippen molar-refractivity contribution in [1.29, 1.82) is 0 Å². The fraction of sp³-hybridized carbons (Fsp3) is 0.130. The van der Waals surface area contributed by atoms with E-state index in [0.717, 1.165) is 16.9 Å². The third-order valence-corrected chi connectivity index (χ3v) is 7.44. The van der Waals surface area contributed by atoms with E-state index in [0.29, 0.717) is 30.3 Å². The van der Waals surface area contributed by atoms with Crippen LogP contribution in [0.15, 0.2) is 89.0 Å². The standard InChI is InChI=1S/C23H22N4O4S2/c28-22(25-20-4-1-2-5-21(20)31-14-13-27-12-11-24-17-27)16-18-7-9-19(10-8-18)26-33(29,30)23-6-3-15-32-23/h1-12,15,17,26H,13-14,16H2,(H,25,28). The summed E-state index contributed by atoms with van der Waals surface area (Å²) >= 11 is 1.15. The highest BCUT2D eigenvalue weighted by Gasteiger charge is 2.15. The van der Waals surface area contributed by atoms with Crippen molar-refractivity contribution in [2.75, 3.05) is 16.6 Å².